The van der Waals surface area contributed by atoms with E-state index in [1.807, 2.05) is 12.1 Å². The van der Waals surface area contributed by atoms with E-state index in [-0.39, 0.29) is 68.5 Å². The van der Waals surface area contributed by atoms with Crippen LogP contribution in [0.1, 0.15) is 85.7 Å². The number of pyridine rings is 1. The van der Waals surface area contributed by atoms with Crippen molar-refractivity contribution in [2.24, 2.45) is 10.8 Å². The number of terminal acetylenes is 1. The van der Waals surface area contributed by atoms with E-state index in [2.05, 4.69) is 42.3 Å². The van der Waals surface area contributed by atoms with Gasteiger partial charge in [-0.05, 0) is 124 Å². The molecular weight excluding hydrogens is 869 g/mol. The number of halogens is 2. The summed E-state index contributed by atoms with van der Waals surface area (Å²) in [6, 6.07) is 11.7. The minimum Gasteiger partial charge on any atom is -0.508 e. The molecule has 5 saturated heterocycles. The van der Waals surface area contributed by atoms with Gasteiger partial charge in [0.05, 0.1) is 17.6 Å². The Hall–Kier alpha value is -6.44. The lowest BCUT2D eigenvalue weighted by Gasteiger charge is -2.48. The number of piperazine rings is 1. The number of piperidine rings is 3. The summed E-state index contributed by atoms with van der Waals surface area (Å²) in [6.07, 6.45) is 16.5. The Kier molecular flexibility index (Phi) is 10.3. The minimum atomic E-state index is -0.732. The maximum Gasteiger partial charge on any atom is 0.319 e. The van der Waals surface area contributed by atoms with Gasteiger partial charge < -0.3 is 34.8 Å². The molecule has 5 aromatic rings. The molecular formula is C52H53F2N9O5. The lowest BCUT2D eigenvalue weighted by Crippen LogP contribution is -2.52. The van der Waals surface area contributed by atoms with Gasteiger partial charge in [0.15, 0.2) is 5.82 Å². The van der Waals surface area contributed by atoms with E-state index >= 15 is 8.78 Å². The van der Waals surface area contributed by atoms with Crippen LogP contribution in [0.3, 0.4) is 0 Å². The number of nitrogens with zero attached hydrogens (tertiary/aromatic N) is 7. The average Bonchev–Trinajstić information content (AvgIpc) is 3.92. The number of ether oxygens (including phenoxy) is 1. The highest BCUT2D eigenvalue weighted by Crippen LogP contribution is 2.49. The van der Waals surface area contributed by atoms with Crippen LogP contribution in [0.2, 0.25) is 0 Å². The number of carbonyl (C=O) groups excluding carboxylic acids is 3. The van der Waals surface area contributed by atoms with Crippen LogP contribution in [0, 0.1) is 34.8 Å². The number of likely N-dealkylation sites (tertiary alicyclic amines) is 1. The van der Waals surface area contributed by atoms with Gasteiger partial charge >= 0.3 is 6.01 Å². The van der Waals surface area contributed by atoms with Crippen molar-refractivity contribution in [3.05, 3.63) is 77.0 Å². The third kappa shape index (κ3) is 7.54. The summed E-state index contributed by atoms with van der Waals surface area (Å²) in [7, 11) is 0. The number of phenolic OH excluding ortho intramolecular Hbond substituents is 1. The van der Waals surface area contributed by atoms with Crippen LogP contribution in [0.15, 0.2) is 48.7 Å². The number of hydrogen-bond acceptors (Lipinski definition) is 12. The highest BCUT2D eigenvalue weighted by molar-refractivity contribution is 6.06. The Morgan fingerprint density at radius 3 is 2.38 bits per heavy atom. The van der Waals surface area contributed by atoms with Crippen molar-refractivity contribution in [2.75, 3.05) is 62.2 Å². The number of fused-ring (bicyclic) bond motifs is 5. The van der Waals surface area contributed by atoms with E-state index in [0.29, 0.717) is 66.9 Å². The topological polar surface area (TPSA) is 156 Å². The number of benzene rings is 3. The molecule has 2 aromatic heterocycles. The molecule has 14 nitrogen and oxygen atoms in total. The Labute approximate surface area is 392 Å². The van der Waals surface area contributed by atoms with Crippen LogP contribution in [0.4, 0.5) is 20.3 Å². The summed E-state index contributed by atoms with van der Waals surface area (Å²) in [5, 5.41) is 17.9. The van der Waals surface area contributed by atoms with Crippen LogP contribution in [0.5, 0.6) is 11.8 Å². The molecule has 6 fully saturated rings. The van der Waals surface area contributed by atoms with Crippen molar-refractivity contribution >= 4 is 50.9 Å². The molecule has 3 unspecified atom stereocenters. The zero-order chi connectivity index (χ0) is 46.5. The molecule has 3 atom stereocenters. The van der Waals surface area contributed by atoms with Gasteiger partial charge in [0.25, 0.3) is 5.91 Å². The lowest BCUT2D eigenvalue weighted by molar-refractivity contribution is -0.136. The van der Waals surface area contributed by atoms with Gasteiger partial charge in [0.1, 0.15) is 34.6 Å². The van der Waals surface area contributed by atoms with E-state index < -0.39 is 23.6 Å². The Morgan fingerprint density at radius 1 is 0.882 bits per heavy atom. The van der Waals surface area contributed by atoms with Crippen LogP contribution >= 0.6 is 0 Å². The summed E-state index contributed by atoms with van der Waals surface area (Å²) in [5.74, 6) is 0.650. The summed E-state index contributed by atoms with van der Waals surface area (Å²) >= 11 is 0. The standard InChI is InChI=1S/C52H53F2N9O5/c1-2-36-40(53)8-3-30-22-35(64)23-38(43(30)36)45-44(54)46-39(24-55-45)47(62-26-32-4-5-33(27-62)56-32)59-50(58-46)68-29-52(11-12-52)28-60-17-13-51(14-18-60)15-19-61(20-16-51)34-6-7-37-31(21-34)25-63(49(37)67)41-9-10-42(65)57-48(41)66/h1,3,6-8,21-24,32-33,41,56,64H,4-5,9-20,25-29H2,(H,57,65,66). The molecule has 8 heterocycles. The molecule has 1 aliphatic carbocycles. The van der Waals surface area contributed by atoms with Gasteiger partial charge in [-0.2, -0.15) is 9.97 Å². The van der Waals surface area contributed by atoms with Crippen LogP contribution in [0.25, 0.3) is 32.9 Å². The van der Waals surface area contributed by atoms with Crippen molar-refractivity contribution < 1.29 is 33.0 Å². The van der Waals surface area contributed by atoms with E-state index in [1.165, 1.54) is 24.3 Å². The average molecular weight is 922 g/mol. The quantitative estimate of drug-likeness (QED) is 0.116. The zero-order valence-corrected chi connectivity index (χ0v) is 37.8. The molecule has 0 radical (unpaired) electrons. The van der Waals surface area contributed by atoms with E-state index in [1.54, 1.807) is 11.1 Å². The molecule has 1 spiro atoms. The first kappa shape index (κ1) is 42.9. The van der Waals surface area contributed by atoms with Gasteiger partial charge in [-0.15, -0.1) is 6.42 Å². The number of hydrogen-bond donors (Lipinski definition) is 3. The third-order valence-electron chi connectivity index (χ3n) is 16.2. The first-order chi connectivity index (χ1) is 32.9. The van der Waals surface area contributed by atoms with Gasteiger partial charge in [-0.3, -0.25) is 24.7 Å². The molecule has 350 valence electrons. The number of aromatic nitrogens is 3. The SMILES string of the molecule is C#Cc1c(F)ccc2cc(O)cc(-c3ncc4c(N5CC6CCC(C5)N6)nc(OCC5(CN6CCC7(CC6)CCN(c6ccc8c(c6)CN(C6CCC(=O)NC6=O)C8=O)CC7)CC5)nc4c3F)c12. The van der Waals surface area contributed by atoms with Crippen molar-refractivity contribution in [1.82, 2.24) is 35.4 Å². The lowest BCUT2D eigenvalue weighted by atomic mass is 9.71. The fourth-order valence-corrected chi connectivity index (χ4v) is 12.1. The second kappa shape index (κ2) is 16.4. The van der Waals surface area contributed by atoms with Gasteiger partial charge in [-0.1, -0.05) is 12.0 Å². The summed E-state index contributed by atoms with van der Waals surface area (Å²) in [6.45, 7) is 6.99. The summed E-state index contributed by atoms with van der Waals surface area (Å²) < 4.78 is 38.7. The maximum absolute atomic E-state index is 17.1. The second-order valence-electron chi connectivity index (χ2n) is 20.5. The first-order valence-corrected chi connectivity index (χ1v) is 24.1. The number of imide groups is 1. The smallest absolute Gasteiger partial charge is 0.319 e. The van der Waals surface area contributed by atoms with Gasteiger partial charge in [0.2, 0.25) is 11.8 Å². The normalized spacial score (nSPS) is 24.2. The highest BCUT2D eigenvalue weighted by Gasteiger charge is 2.47. The Balaban J connectivity index is 0.724. The van der Waals surface area contributed by atoms with Crippen LogP contribution in [-0.2, 0) is 16.1 Å². The van der Waals surface area contributed by atoms with E-state index in [9.17, 15) is 19.5 Å². The monoisotopic (exact) mass is 921 g/mol. The Morgan fingerprint density at radius 2 is 1.65 bits per heavy atom. The summed E-state index contributed by atoms with van der Waals surface area (Å²) in [4.78, 5) is 60.6. The zero-order valence-electron chi connectivity index (χ0n) is 37.8. The molecule has 3 N–H and O–H groups in total. The Bertz CT molecular complexity index is 2960. The van der Waals surface area contributed by atoms with Crippen molar-refractivity contribution in [3.63, 3.8) is 0 Å². The highest BCUT2D eigenvalue weighted by atomic mass is 19.1. The largest absolute Gasteiger partial charge is 0.508 e. The number of carbonyl (C=O) groups is 3. The number of amides is 3. The third-order valence-corrected chi connectivity index (χ3v) is 16.2. The number of rotatable bonds is 9. The molecule has 3 amide bonds. The van der Waals surface area contributed by atoms with Crippen molar-refractivity contribution in [2.45, 2.75) is 88.9 Å². The van der Waals surface area contributed by atoms with E-state index in [4.69, 9.17) is 21.1 Å². The fourth-order valence-electron chi connectivity index (χ4n) is 12.1. The van der Waals surface area contributed by atoms with Crippen LogP contribution < -0.4 is 25.2 Å². The van der Waals surface area contributed by atoms with Crippen molar-refractivity contribution in [3.8, 4) is 35.4 Å². The maximum atomic E-state index is 17.1. The van der Waals surface area contributed by atoms with Crippen molar-refractivity contribution in [1.29, 1.82) is 0 Å². The fraction of sp³-hybridized carbons (Fsp3) is 0.462. The second-order valence-corrected chi connectivity index (χ2v) is 20.5. The number of nitrogens with one attached hydrogen (secondary N) is 2. The molecule has 3 aromatic carbocycles. The van der Waals surface area contributed by atoms with Gasteiger partial charge in [0, 0.05) is 91.6 Å². The van der Waals surface area contributed by atoms with Crippen LogP contribution in [-0.4, -0.2) is 118 Å². The predicted molar refractivity (Wildman–Crippen MR) is 251 cm³/mol. The van der Waals surface area contributed by atoms with Gasteiger partial charge in [-0.25, -0.2) is 8.78 Å². The molecule has 16 heteroatoms. The minimum absolute atomic E-state index is 0.0379. The first-order valence-electron chi connectivity index (χ1n) is 24.1. The molecule has 1 saturated carbocycles. The summed E-state index contributed by atoms with van der Waals surface area (Å²) in [5.41, 5.74) is 2.96. The molecule has 6 aliphatic heterocycles. The predicted octanol–water partition coefficient (Wildman–Crippen LogP) is 6.05. The van der Waals surface area contributed by atoms with E-state index in [0.717, 1.165) is 95.3 Å². The number of anilines is 2. The number of phenols is 1. The molecule has 7 aliphatic rings. The molecule has 12 rings (SSSR count). The molecule has 2 bridgehead atoms. The number of aromatic hydroxyl groups is 1. The molecule has 68 heavy (non-hydrogen) atoms.